The van der Waals surface area contributed by atoms with E-state index < -0.39 is 0 Å². The third kappa shape index (κ3) is 4.55. The molecule has 1 amide bonds. The molecule has 0 aliphatic rings. The molecule has 1 atom stereocenters. The molecule has 0 rings (SSSR count). The highest BCUT2D eigenvalue weighted by Crippen LogP contribution is 2.02. The van der Waals surface area contributed by atoms with Crippen LogP contribution < -0.4 is 11.5 Å². The number of amides is 1. The molecule has 0 radical (unpaired) electrons. The van der Waals surface area contributed by atoms with E-state index in [0.29, 0.717) is 32.7 Å². The molecule has 5 nitrogen and oxygen atoms in total. The first-order valence-electron chi connectivity index (χ1n) is 4.89. The van der Waals surface area contributed by atoms with Crippen LogP contribution in [0, 0.1) is 0 Å². The third-order valence-corrected chi connectivity index (χ3v) is 2.15. The van der Waals surface area contributed by atoms with E-state index >= 15 is 0 Å². The Bertz CT molecular complexity index is 164. The Balaban J connectivity index is 4.19. The zero-order chi connectivity index (χ0) is 11.0. The van der Waals surface area contributed by atoms with Gasteiger partial charge in [0.15, 0.2) is 0 Å². The number of rotatable bonds is 8. The predicted octanol–water partition coefficient (Wildman–Crippen LogP) is -0.843. The first kappa shape index (κ1) is 13.4. The summed E-state index contributed by atoms with van der Waals surface area (Å²) in [6.07, 6.45) is 0.707. The van der Waals surface area contributed by atoms with E-state index in [1.165, 1.54) is 0 Å². The summed E-state index contributed by atoms with van der Waals surface area (Å²) in [4.78, 5) is 13.1. The van der Waals surface area contributed by atoms with Gasteiger partial charge in [0.1, 0.15) is 0 Å². The summed E-state index contributed by atoms with van der Waals surface area (Å²) in [5.41, 5.74) is 10.7. The van der Waals surface area contributed by atoms with E-state index in [2.05, 4.69) is 0 Å². The van der Waals surface area contributed by atoms with Gasteiger partial charge in [-0.1, -0.05) is 6.92 Å². The number of nitrogens with zero attached hydrogens (tertiary/aromatic N) is 1. The summed E-state index contributed by atoms with van der Waals surface area (Å²) >= 11 is 0. The van der Waals surface area contributed by atoms with Crippen LogP contribution in [0.1, 0.15) is 13.3 Å². The molecule has 0 saturated heterocycles. The van der Waals surface area contributed by atoms with Gasteiger partial charge in [-0.25, -0.2) is 0 Å². The average molecular weight is 203 g/mol. The minimum Gasteiger partial charge on any atom is -0.383 e. The van der Waals surface area contributed by atoms with Gasteiger partial charge in [-0.15, -0.1) is 0 Å². The Labute approximate surface area is 85.4 Å². The van der Waals surface area contributed by atoms with Crippen LogP contribution in [-0.2, 0) is 9.53 Å². The van der Waals surface area contributed by atoms with Crippen molar-refractivity contribution in [1.29, 1.82) is 0 Å². The standard InChI is InChI=1S/C9H21N3O2/c1-3-8(9(11)13)12(5-4-10)6-7-14-2/h8H,3-7,10H2,1-2H3,(H2,11,13). The lowest BCUT2D eigenvalue weighted by Crippen LogP contribution is -2.47. The quantitative estimate of drug-likeness (QED) is 0.539. The van der Waals surface area contributed by atoms with Crippen LogP contribution in [-0.4, -0.2) is 50.2 Å². The van der Waals surface area contributed by atoms with E-state index in [1.54, 1.807) is 7.11 Å². The molecule has 14 heavy (non-hydrogen) atoms. The predicted molar refractivity (Wildman–Crippen MR) is 55.8 cm³/mol. The van der Waals surface area contributed by atoms with Crippen molar-refractivity contribution in [1.82, 2.24) is 4.90 Å². The van der Waals surface area contributed by atoms with E-state index in [-0.39, 0.29) is 11.9 Å². The highest BCUT2D eigenvalue weighted by atomic mass is 16.5. The van der Waals surface area contributed by atoms with Gasteiger partial charge in [-0.2, -0.15) is 0 Å². The molecule has 0 aromatic heterocycles. The van der Waals surface area contributed by atoms with Crippen molar-refractivity contribution in [2.75, 3.05) is 33.4 Å². The summed E-state index contributed by atoms with van der Waals surface area (Å²) in [6.45, 7) is 4.41. The maximum atomic E-state index is 11.1. The molecule has 0 aliphatic carbocycles. The molecule has 0 aliphatic heterocycles. The lowest BCUT2D eigenvalue weighted by molar-refractivity contribution is -0.123. The maximum Gasteiger partial charge on any atom is 0.234 e. The summed E-state index contributed by atoms with van der Waals surface area (Å²) in [5.74, 6) is -0.294. The molecule has 0 bridgehead atoms. The number of primary amides is 1. The van der Waals surface area contributed by atoms with E-state index in [0.717, 1.165) is 0 Å². The second kappa shape index (κ2) is 7.73. The molecule has 0 spiro atoms. The molecular weight excluding hydrogens is 182 g/mol. The highest BCUT2D eigenvalue weighted by Gasteiger charge is 2.20. The van der Waals surface area contributed by atoms with Crippen molar-refractivity contribution in [3.05, 3.63) is 0 Å². The van der Waals surface area contributed by atoms with E-state index in [4.69, 9.17) is 16.2 Å². The van der Waals surface area contributed by atoms with Gasteiger partial charge < -0.3 is 16.2 Å². The van der Waals surface area contributed by atoms with Crippen molar-refractivity contribution in [2.24, 2.45) is 11.5 Å². The molecule has 4 N–H and O–H groups in total. The lowest BCUT2D eigenvalue weighted by Gasteiger charge is -2.27. The fraction of sp³-hybridized carbons (Fsp3) is 0.889. The summed E-state index contributed by atoms with van der Waals surface area (Å²) in [5, 5.41) is 0. The smallest absolute Gasteiger partial charge is 0.234 e. The highest BCUT2D eigenvalue weighted by molar-refractivity contribution is 5.79. The fourth-order valence-electron chi connectivity index (χ4n) is 1.44. The van der Waals surface area contributed by atoms with Gasteiger partial charge in [0.05, 0.1) is 12.6 Å². The summed E-state index contributed by atoms with van der Waals surface area (Å²) < 4.78 is 4.96. The van der Waals surface area contributed by atoms with E-state index in [9.17, 15) is 4.79 Å². The summed E-state index contributed by atoms with van der Waals surface area (Å²) in [6, 6.07) is -0.228. The number of hydrogen-bond donors (Lipinski definition) is 2. The van der Waals surface area contributed by atoms with Crippen LogP contribution in [0.5, 0.6) is 0 Å². The van der Waals surface area contributed by atoms with Crippen molar-refractivity contribution < 1.29 is 9.53 Å². The third-order valence-electron chi connectivity index (χ3n) is 2.15. The fourth-order valence-corrected chi connectivity index (χ4v) is 1.44. The zero-order valence-corrected chi connectivity index (χ0v) is 9.03. The second-order valence-corrected chi connectivity index (χ2v) is 3.14. The van der Waals surface area contributed by atoms with Crippen LogP contribution in [0.3, 0.4) is 0 Å². The Kier molecular flexibility index (Phi) is 7.37. The van der Waals surface area contributed by atoms with Crippen molar-refractivity contribution in [3.63, 3.8) is 0 Å². The topological polar surface area (TPSA) is 81.6 Å². The molecule has 0 aromatic carbocycles. The lowest BCUT2D eigenvalue weighted by atomic mass is 10.2. The number of ether oxygens (including phenoxy) is 1. The largest absolute Gasteiger partial charge is 0.383 e. The van der Waals surface area contributed by atoms with Crippen molar-refractivity contribution >= 4 is 5.91 Å². The van der Waals surface area contributed by atoms with Crippen molar-refractivity contribution in [2.45, 2.75) is 19.4 Å². The van der Waals surface area contributed by atoms with Gasteiger partial charge in [0.25, 0.3) is 0 Å². The first-order valence-corrected chi connectivity index (χ1v) is 4.89. The molecule has 0 aromatic rings. The molecule has 1 unspecified atom stereocenters. The van der Waals surface area contributed by atoms with E-state index in [1.807, 2.05) is 11.8 Å². The van der Waals surface area contributed by atoms with Crippen LogP contribution in [0.25, 0.3) is 0 Å². The number of carbonyl (C=O) groups excluding carboxylic acids is 1. The minimum atomic E-state index is -0.294. The summed E-state index contributed by atoms with van der Waals surface area (Å²) in [7, 11) is 1.63. The van der Waals surface area contributed by atoms with Gasteiger partial charge in [0, 0.05) is 26.7 Å². The Hall–Kier alpha value is -0.650. The van der Waals surface area contributed by atoms with Gasteiger partial charge >= 0.3 is 0 Å². The number of hydrogen-bond acceptors (Lipinski definition) is 4. The minimum absolute atomic E-state index is 0.228. The average Bonchev–Trinajstić information content (AvgIpc) is 2.14. The number of methoxy groups -OCH3 is 1. The molecule has 0 heterocycles. The molecular formula is C9H21N3O2. The normalized spacial score (nSPS) is 13.1. The van der Waals surface area contributed by atoms with Gasteiger partial charge in [-0.3, -0.25) is 9.69 Å². The first-order chi connectivity index (χ1) is 6.67. The SMILES string of the molecule is CCC(C(N)=O)N(CCN)CCOC. The monoisotopic (exact) mass is 203 g/mol. The van der Waals surface area contributed by atoms with Crippen LogP contribution in [0.15, 0.2) is 0 Å². The maximum absolute atomic E-state index is 11.1. The van der Waals surface area contributed by atoms with Crippen LogP contribution in [0.4, 0.5) is 0 Å². The van der Waals surface area contributed by atoms with Crippen LogP contribution >= 0.6 is 0 Å². The molecule has 0 fully saturated rings. The van der Waals surface area contributed by atoms with Gasteiger partial charge in [0.2, 0.25) is 5.91 Å². The molecule has 5 heteroatoms. The Morgan fingerprint density at radius 3 is 2.50 bits per heavy atom. The Morgan fingerprint density at radius 1 is 1.50 bits per heavy atom. The van der Waals surface area contributed by atoms with Gasteiger partial charge in [-0.05, 0) is 6.42 Å². The van der Waals surface area contributed by atoms with Crippen molar-refractivity contribution in [3.8, 4) is 0 Å². The molecule has 84 valence electrons. The Morgan fingerprint density at radius 2 is 2.14 bits per heavy atom. The molecule has 0 saturated carbocycles. The second-order valence-electron chi connectivity index (χ2n) is 3.14. The number of carbonyl (C=O) groups is 1. The zero-order valence-electron chi connectivity index (χ0n) is 9.03. The number of nitrogens with two attached hydrogens (primary N) is 2. The van der Waals surface area contributed by atoms with Crippen LogP contribution in [0.2, 0.25) is 0 Å².